The highest BCUT2D eigenvalue weighted by Crippen LogP contribution is 2.54. The maximum absolute atomic E-state index is 7.27. The lowest BCUT2D eigenvalue weighted by Gasteiger charge is -2.43. The number of hydrogen-bond donors (Lipinski definition) is 0. The van der Waals surface area contributed by atoms with E-state index in [0.717, 1.165) is 57.4 Å². The van der Waals surface area contributed by atoms with Gasteiger partial charge in [0, 0.05) is 50.4 Å². The molecule has 3 aromatic heterocycles. The van der Waals surface area contributed by atoms with Gasteiger partial charge in [0.2, 0.25) is 5.89 Å². The van der Waals surface area contributed by atoms with Crippen LogP contribution in [0.25, 0.3) is 83.1 Å². The van der Waals surface area contributed by atoms with Crippen LogP contribution < -0.4 is 15.7 Å². The first-order chi connectivity index (χ1) is 31.0. The van der Waals surface area contributed by atoms with Crippen molar-refractivity contribution in [2.24, 2.45) is 0 Å². The Morgan fingerprint density at radius 1 is 0.615 bits per heavy atom. The summed E-state index contributed by atoms with van der Waals surface area (Å²) < 4.78 is 16.6. The lowest BCUT2D eigenvalue weighted by atomic mass is 9.43. The van der Waals surface area contributed by atoms with Gasteiger partial charge in [0.1, 0.15) is 16.7 Å². The molecule has 0 N–H and O–H groups in total. The fourth-order valence-electron chi connectivity index (χ4n) is 11.8. The number of anilines is 2. The summed E-state index contributed by atoms with van der Waals surface area (Å²) in [5, 5.41) is 4.76. The molecule has 1 aliphatic carbocycles. The molecule has 2 aliphatic heterocycles. The van der Waals surface area contributed by atoms with Crippen LogP contribution in [0, 0.1) is 0 Å². The van der Waals surface area contributed by atoms with Gasteiger partial charge in [0.15, 0.2) is 5.58 Å². The molecule has 320 valence electrons. The van der Waals surface area contributed by atoms with E-state index in [1.54, 1.807) is 0 Å². The minimum atomic E-state index is -0.199. The number of rotatable bonds is 2. The van der Waals surface area contributed by atoms with Crippen LogP contribution in [0.15, 0.2) is 130 Å². The van der Waals surface area contributed by atoms with Gasteiger partial charge in [0.25, 0.3) is 0 Å². The Hall–Kier alpha value is -6.53. The average molecular weight is 848 g/mol. The van der Waals surface area contributed by atoms with Crippen LogP contribution >= 0.6 is 0 Å². The molecule has 0 radical (unpaired) electrons. The summed E-state index contributed by atoms with van der Waals surface area (Å²) in [6, 6.07) is 45.3. The van der Waals surface area contributed by atoms with Crippen LogP contribution in [0.4, 0.5) is 11.4 Å². The molecule has 5 heterocycles. The molecule has 0 unspecified atom stereocenters. The van der Waals surface area contributed by atoms with Gasteiger partial charge >= 0.3 is 6.85 Å². The van der Waals surface area contributed by atoms with Gasteiger partial charge in [-0.05, 0) is 134 Å². The van der Waals surface area contributed by atoms with Crippen LogP contribution in [0.5, 0.6) is 0 Å². The quantitative estimate of drug-likeness (QED) is 0.163. The second-order valence-electron chi connectivity index (χ2n) is 22.6. The molecule has 0 saturated heterocycles. The fraction of sp³-hybridized carbons (Fsp3) is 0.271. The summed E-state index contributed by atoms with van der Waals surface area (Å²) in [5.74, 6) is 0.629. The number of para-hydroxylation sites is 1. The Kier molecular flexibility index (Phi) is 7.56. The zero-order chi connectivity index (χ0) is 44.7. The number of benzene rings is 7. The molecule has 5 nitrogen and oxygen atoms in total. The molecule has 65 heavy (non-hydrogen) atoms. The van der Waals surface area contributed by atoms with Gasteiger partial charge in [-0.1, -0.05) is 124 Å². The van der Waals surface area contributed by atoms with Crippen LogP contribution in [-0.4, -0.2) is 16.4 Å². The smallest absolute Gasteiger partial charge is 0.333 e. The summed E-state index contributed by atoms with van der Waals surface area (Å²) in [6.45, 7) is 23.4. The number of oxazole rings is 1. The minimum absolute atomic E-state index is 0.0156. The number of aromatic nitrogens is 2. The third kappa shape index (κ3) is 5.31. The molecule has 3 aliphatic rings. The Bertz CT molecular complexity index is 3680. The van der Waals surface area contributed by atoms with E-state index in [1.165, 1.54) is 77.2 Å². The molecule has 10 aromatic rings. The maximum Gasteiger partial charge on any atom is 0.333 e. The number of hydrogen-bond acceptors (Lipinski definition) is 4. The lowest BCUT2D eigenvalue weighted by Crippen LogP contribution is -2.60. The van der Waals surface area contributed by atoms with Gasteiger partial charge < -0.3 is 18.2 Å². The lowest BCUT2D eigenvalue weighted by molar-refractivity contribution is 0.332. The van der Waals surface area contributed by atoms with Crippen LogP contribution in [0.2, 0.25) is 0 Å². The van der Waals surface area contributed by atoms with E-state index < -0.39 is 0 Å². The zero-order valence-electron chi connectivity index (χ0n) is 39.2. The highest BCUT2D eigenvalue weighted by molar-refractivity contribution is 6.94. The molecule has 0 atom stereocenters. The van der Waals surface area contributed by atoms with Gasteiger partial charge in [-0.25, -0.2) is 4.98 Å². The minimum Gasteiger partial charge on any atom is -0.455 e. The molecule has 6 heteroatoms. The predicted octanol–water partition coefficient (Wildman–Crippen LogP) is 14.7. The molecule has 13 rings (SSSR count). The highest BCUT2D eigenvalue weighted by atomic mass is 16.3. The first-order valence-electron chi connectivity index (χ1n) is 23.5. The van der Waals surface area contributed by atoms with Crippen molar-refractivity contribution < 1.29 is 8.83 Å². The van der Waals surface area contributed by atoms with Crippen LogP contribution in [0.3, 0.4) is 0 Å². The van der Waals surface area contributed by atoms with Crippen molar-refractivity contribution in [1.29, 1.82) is 0 Å². The van der Waals surface area contributed by atoms with Crippen LogP contribution in [0.1, 0.15) is 104 Å². The molecule has 0 bridgehead atoms. The molecule has 0 spiro atoms. The van der Waals surface area contributed by atoms with Gasteiger partial charge in [-0.2, -0.15) is 0 Å². The van der Waals surface area contributed by atoms with E-state index in [-0.39, 0.29) is 28.5 Å². The van der Waals surface area contributed by atoms with E-state index in [9.17, 15) is 0 Å². The van der Waals surface area contributed by atoms with Crippen molar-refractivity contribution in [3.8, 4) is 28.3 Å². The van der Waals surface area contributed by atoms with Crippen molar-refractivity contribution in [3.63, 3.8) is 0 Å². The van der Waals surface area contributed by atoms with E-state index in [4.69, 9.17) is 13.8 Å². The monoisotopic (exact) mass is 847 g/mol. The number of nitrogens with zero attached hydrogens (tertiary/aromatic N) is 3. The zero-order valence-corrected chi connectivity index (χ0v) is 39.2. The Morgan fingerprint density at radius 3 is 2.02 bits per heavy atom. The highest BCUT2D eigenvalue weighted by Gasteiger charge is 2.47. The Balaban J connectivity index is 1.26. The summed E-state index contributed by atoms with van der Waals surface area (Å²) >= 11 is 0. The third-order valence-electron chi connectivity index (χ3n) is 15.6. The third-order valence-corrected chi connectivity index (χ3v) is 15.6. The summed E-state index contributed by atoms with van der Waals surface area (Å²) in [7, 11) is 0. The molecule has 7 aromatic carbocycles. The van der Waals surface area contributed by atoms with Crippen molar-refractivity contribution >= 4 is 84.0 Å². The summed E-state index contributed by atoms with van der Waals surface area (Å²) in [4.78, 5) is 7.87. The largest absolute Gasteiger partial charge is 0.455 e. The molecule has 0 fully saturated rings. The average Bonchev–Trinajstić information content (AvgIpc) is 3.98. The van der Waals surface area contributed by atoms with E-state index in [0.29, 0.717) is 5.89 Å². The Labute approximate surface area is 381 Å². The van der Waals surface area contributed by atoms with Gasteiger partial charge in [0.05, 0.1) is 16.4 Å². The van der Waals surface area contributed by atoms with Gasteiger partial charge in [-0.15, -0.1) is 0 Å². The van der Waals surface area contributed by atoms with Crippen molar-refractivity contribution in [1.82, 2.24) is 9.55 Å². The predicted molar refractivity (Wildman–Crippen MR) is 273 cm³/mol. The number of furan rings is 1. The Morgan fingerprint density at radius 2 is 1.29 bits per heavy atom. The van der Waals surface area contributed by atoms with E-state index >= 15 is 0 Å². The van der Waals surface area contributed by atoms with Crippen molar-refractivity contribution in [3.05, 3.63) is 144 Å². The SMILES string of the molecule is CC(C)(C)c1ccc(N2B3c4cc5nc(-c6ccccc6)oc5cc4-n4c5cc6c(cc5c5c7oc8ccccc8c7c(c3c54)-c3cc(C(C)(C)C)ccc32)C(C)(C)CCC6(C)C)cc1. The standard InChI is InChI=1S/C59H54BN3O2/c1-56(2,3)34-20-23-36(24-21-34)63-44-25-22-35(57(4,5)6)28-38(44)49-50-37-18-14-15-19-47(37)64-54(50)51-39-29-40-41(59(9,10)27-26-58(40,7)8)30-45(39)62-46-32-48-43(31-42(46)60(63)52(49)53(51)62)61-55(65-48)33-16-12-11-13-17-33/h11-25,28-32H,26-27H2,1-10H3. The van der Waals surface area contributed by atoms with E-state index in [1.807, 2.05) is 18.2 Å². The van der Waals surface area contributed by atoms with Gasteiger partial charge in [-0.3, -0.25) is 0 Å². The molecular formula is C59H54BN3O2. The molecule has 0 amide bonds. The van der Waals surface area contributed by atoms with Crippen molar-refractivity contribution in [2.45, 2.75) is 104 Å². The van der Waals surface area contributed by atoms with E-state index in [2.05, 4.69) is 182 Å². The fourth-order valence-corrected chi connectivity index (χ4v) is 11.8. The summed E-state index contributed by atoms with van der Waals surface area (Å²) in [6.07, 6.45) is 2.28. The topological polar surface area (TPSA) is 47.3 Å². The number of fused-ring (bicyclic) bond motifs is 15. The first kappa shape index (κ1) is 38.9. The second-order valence-corrected chi connectivity index (χ2v) is 22.6. The van der Waals surface area contributed by atoms with Crippen molar-refractivity contribution in [2.75, 3.05) is 4.81 Å². The first-order valence-corrected chi connectivity index (χ1v) is 23.5. The second kappa shape index (κ2) is 12.6. The normalized spacial score (nSPS) is 16.2. The molecule has 0 saturated carbocycles. The van der Waals surface area contributed by atoms with Crippen LogP contribution in [-0.2, 0) is 21.7 Å². The summed E-state index contributed by atoms with van der Waals surface area (Å²) in [5.41, 5.74) is 20.8. The maximum atomic E-state index is 7.27. The molecular weight excluding hydrogens is 793 g/mol.